The number of benzene rings is 1. The number of nitrogens with one attached hydrogen (secondary N) is 2. The van der Waals surface area contributed by atoms with Crippen molar-refractivity contribution in [3.8, 4) is 0 Å². The van der Waals surface area contributed by atoms with Crippen LogP contribution in [0.15, 0.2) is 35.5 Å². The minimum absolute atomic E-state index is 0.0199. The summed E-state index contributed by atoms with van der Waals surface area (Å²) >= 11 is 0. The average Bonchev–Trinajstić information content (AvgIpc) is 3.70. The summed E-state index contributed by atoms with van der Waals surface area (Å²) in [7, 11) is -3.84. The molecule has 3 aromatic rings. The smallest absolute Gasteiger partial charge is 0.451 e. The minimum Gasteiger partial charge on any atom is -0.451 e. The number of carbonyl (C=O) groups is 2. The van der Waals surface area contributed by atoms with Crippen LogP contribution in [0.2, 0.25) is 0 Å². The summed E-state index contributed by atoms with van der Waals surface area (Å²) in [6.07, 6.45) is -6.24. The molecule has 15 nitrogen and oxygen atoms in total. The Hall–Kier alpha value is -4.07. The summed E-state index contributed by atoms with van der Waals surface area (Å²) in [4.78, 5) is 39.6. The van der Waals surface area contributed by atoms with E-state index >= 15 is 0 Å². The van der Waals surface area contributed by atoms with Gasteiger partial charge in [0.2, 0.25) is 21.9 Å². The second-order valence-corrected chi connectivity index (χ2v) is 12.8. The summed E-state index contributed by atoms with van der Waals surface area (Å²) in [5.74, 6) is -2.34. The molecule has 1 aromatic carbocycles. The summed E-state index contributed by atoms with van der Waals surface area (Å²) in [6.45, 7) is 2.91. The summed E-state index contributed by atoms with van der Waals surface area (Å²) in [5, 5.41) is 21.9. The van der Waals surface area contributed by atoms with Crippen molar-refractivity contribution in [1.82, 2.24) is 24.8 Å². The number of primary sulfonamides is 1. The number of halogens is 3. The van der Waals surface area contributed by atoms with E-state index < -0.39 is 52.4 Å². The van der Waals surface area contributed by atoms with Crippen molar-refractivity contribution in [3.05, 3.63) is 36.2 Å². The van der Waals surface area contributed by atoms with Crippen LogP contribution in [-0.2, 0) is 30.8 Å². The van der Waals surface area contributed by atoms with Gasteiger partial charge < -0.3 is 35.7 Å². The molecule has 1 aliphatic heterocycles. The third kappa shape index (κ3) is 7.16. The molecule has 1 saturated heterocycles. The molecular weight excluding hydrogens is 635 g/mol. The van der Waals surface area contributed by atoms with Crippen molar-refractivity contribution in [2.24, 2.45) is 10.9 Å². The largest absolute Gasteiger partial charge is 0.490 e. The predicted octanol–water partition coefficient (Wildman–Crippen LogP) is 0.340. The number of imidazole rings is 1. The van der Waals surface area contributed by atoms with Gasteiger partial charge in [0.1, 0.15) is 6.10 Å². The average molecular weight is 670 g/mol. The van der Waals surface area contributed by atoms with Gasteiger partial charge in [0, 0.05) is 32.1 Å². The van der Waals surface area contributed by atoms with Gasteiger partial charge in [-0.3, -0.25) is 4.79 Å². The number of esters is 1. The molecule has 1 aliphatic carbocycles. The molecule has 5 rings (SSSR count). The zero-order valence-corrected chi connectivity index (χ0v) is 25.5. The lowest BCUT2D eigenvalue weighted by Gasteiger charge is -2.25. The molecule has 250 valence electrons. The number of aliphatic hydroxyl groups excluding tert-OH is 1. The van der Waals surface area contributed by atoms with E-state index in [9.17, 15) is 36.3 Å². The highest BCUT2D eigenvalue weighted by Crippen LogP contribution is 2.38. The van der Waals surface area contributed by atoms with Crippen LogP contribution in [0.3, 0.4) is 0 Å². The van der Waals surface area contributed by atoms with Crippen molar-refractivity contribution in [3.63, 3.8) is 0 Å². The van der Waals surface area contributed by atoms with Crippen LogP contribution < -0.4 is 26.4 Å². The SMILES string of the molecule is CCC(=O)N[C@H]1C[C@@H](n2cnc3c(NCCc4ccc(S(N)(=O)=O)cc4)nc(N4CC[C@@H](N)C4)nc32)[C@H](OC(=O)C(F)(F)F)[C@@H]1O. The minimum atomic E-state index is -5.31. The molecule has 3 heterocycles. The van der Waals surface area contributed by atoms with Crippen LogP contribution in [0.1, 0.15) is 37.8 Å². The molecule has 0 bridgehead atoms. The molecule has 2 aliphatic rings. The van der Waals surface area contributed by atoms with Crippen LogP contribution in [0, 0.1) is 0 Å². The van der Waals surface area contributed by atoms with Crippen LogP contribution in [-0.4, -0.2) is 95.0 Å². The third-order valence-electron chi connectivity index (χ3n) is 8.00. The van der Waals surface area contributed by atoms with Gasteiger partial charge in [-0.25, -0.2) is 23.3 Å². The van der Waals surface area contributed by atoms with E-state index in [2.05, 4.69) is 25.6 Å². The monoisotopic (exact) mass is 669 g/mol. The molecule has 0 spiro atoms. The number of anilines is 2. The summed E-state index contributed by atoms with van der Waals surface area (Å²) in [6, 6.07) is 3.84. The zero-order chi connectivity index (χ0) is 33.4. The number of aliphatic hydroxyl groups is 1. The fourth-order valence-corrected chi connectivity index (χ4v) is 6.12. The summed E-state index contributed by atoms with van der Waals surface area (Å²) in [5.41, 5.74) is 7.36. The molecule has 46 heavy (non-hydrogen) atoms. The van der Waals surface area contributed by atoms with Gasteiger partial charge in [0.15, 0.2) is 23.1 Å². The van der Waals surface area contributed by atoms with E-state index in [-0.39, 0.29) is 40.9 Å². The van der Waals surface area contributed by atoms with Crippen molar-refractivity contribution in [2.75, 3.05) is 29.9 Å². The number of amides is 1. The molecule has 2 fully saturated rings. The number of nitrogens with two attached hydrogens (primary N) is 2. The Balaban J connectivity index is 1.48. The first kappa shape index (κ1) is 33.3. The Morgan fingerprint density at radius 2 is 1.91 bits per heavy atom. The van der Waals surface area contributed by atoms with Gasteiger partial charge in [-0.05, 0) is 37.0 Å². The lowest BCUT2D eigenvalue weighted by molar-refractivity contribution is -0.209. The molecule has 19 heteroatoms. The predicted molar refractivity (Wildman–Crippen MR) is 158 cm³/mol. The molecule has 5 atom stereocenters. The quantitative estimate of drug-likeness (QED) is 0.185. The Morgan fingerprint density at radius 1 is 1.20 bits per heavy atom. The standard InChI is InChI=1S/C27H34F3N9O6S/c1-2-19(40)35-17-11-18(22(21(17)41)45-25(42)27(28,29)30)39-13-34-20-23(36-26(37-24(20)39)38-10-8-15(31)12-38)33-9-7-14-3-5-16(6-4-14)46(32,43)44/h3-6,13,15,17-18,21-22,41H,2,7-12,31H2,1H3,(H,35,40)(H2,32,43,44)(H,33,36,37)/t15-,17+,18-,21-,22+/m1/s1. The van der Waals surface area contributed by atoms with E-state index in [1.165, 1.54) is 23.0 Å². The number of hydrogen-bond acceptors (Lipinski definition) is 12. The number of ether oxygens (including phenoxy) is 1. The zero-order valence-electron chi connectivity index (χ0n) is 24.6. The first-order valence-corrected chi connectivity index (χ1v) is 16.1. The number of alkyl halides is 3. The molecule has 1 saturated carbocycles. The highest BCUT2D eigenvalue weighted by Gasteiger charge is 2.51. The van der Waals surface area contributed by atoms with Gasteiger partial charge in [-0.1, -0.05) is 19.1 Å². The number of nitrogens with zero attached hydrogens (tertiary/aromatic N) is 5. The normalized spacial score (nSPS) is 23.5. The van der Waals surface area contributed by atoms with Crippen LogP contribution >= 0.6 is 0 Å². The lowest BCUT2D eigenvalue weighted by atomic mass is 10.1. The Bertz CT molecular complexity index is 1700. The van der Waals surface area contributed by atoms with E-state index in [0.29, 0.717) is 38.3 Å². The number of carbonyl (C=O) groups excluding carboxylic acids is 2. The van der Waals surface area contributed by atoms with Crippen molar-refractivity contribution in [1.29, 1.82) is 0 Å². The van der Waals surface area contributed by atoms with E-state index in [0.717, 1.165) is 5.56 Å². The maximum absolute atomic E-state index is 13.2. The fraction of sp³-hybridized carbons (Fsp3) is 0.519. The number of sulfonamides is 1. The van der Waals surface area contributed by atoms with Crippen molar-refractivity contribution >= 4 is 44.8 Å². The topological polar surface area (TPSA) is 221 Å². The molecule has 0 unspecified atom stereocenters. The second-order valence-electron chi connectivity index (χ2n) is 11.2. The molecule has 0 radical (unpaired) electrons. The van der Waals surface area contributed by atoms with Crippen molar-refractivity contribution in [2.45, 2.75) is 74.0 Å². The Labute approximate surface area is 261 Å². The first-order valence-electron chi connectivity index (χ1n) is 14.5. The van der Waals surface area contributed by atoms with E-state index in [4.69, 9.17) is 15.6 Å². The van der Waals surface area contributed by atoms with Gasteiger partial charge in [-0.15, -0.1) is 0 Å². The fourth-order valence-electron chi connectivity index (χ4n) is 5.61. The van der Waals surface area contributed by atoms with Crippen molar-refractivity contribution < 1.29 is 41.0 Å². The maximum Gasteiger partial charge on any atom is 0.490 e. The number of aromatic nitrogens is 4. The highest BCUT2D eigenvalue weighted by molar-refractivity contribution is 7.89. The number of rotatable bonds is 10. The summed E-state index contributed by atoms with van der Waals surface area (Å²) < 4.78 is 69.0. The highest BCUT2D eigenvalue weighted by atomic mass is 32.2. The van der Waals surface area contributed by atoms with Gasteiger partial charge in [-0.2, -0.15) is 23.1 Å². The Kier molecular flexibility index (Phi) is 9.39. The van der Waals surface area contributed by atoms with E-state index in [1.807, 2.05) is 4.90 Å². The number of hydrogen-bond donors (Lipinski definition) is 5. The molecule has 2 aromatic heterocycles. The van der Waals surface area contributed by atoms with Crippen LogP contribution in [0.25, 0.3) is 11.2 Å². The first-order chi connectivity index (χ1) is 21.7. The molecule has 1 amide bonds. The van der Waals surface area contributed by atoms with Gasteiger partial charge in [0.05, 0.1) is 23.3 Å². The third-order valence-corrected chi connectivity index (χ3v) is 8.93. The van der Waals surface area contributed by atoms with E-state index in [1.54, 1.807) is 19.1 Å². The molecular formula is C27H34F3N9O6S. The lowest BCUT2D eigenvalue weighted by Crippen LogP contribution is -2.45. The second kappa shape index (κ2) is 13.0. The maximum atomic E-state index is 13.2. The van der Waals surface area contributed by atoms with Gasteiger partial charge >= 0.3 is 12.1 Å². The van der Waals surface area contributed by atoms with Gasteiger partial charge in [0.25, 0.3) is 0 Å². The number of fused-ring (bicyclic) bond motifs is 1. The van der Waals surface area contributed by atoms with Crippen LogP contribution in [0.5, 0.6) is 0 Å². The Morgan fingerprint density at radius 3 is 2.52 bits per heavy atom. The van der Waals surface area contributed by atoms with Crippen LogP contribution in [0.4, 0.5) is 24.9 Å². The molecule has 7 N–H and O–H groups in total.